The molecule has 1 heterocycles. The zero-order valence-corrected chi connectivity index (χ0v) is 12.3. The van der Waals surface area contributed by atoms with Gasteiger partial charge in [-0.15, -0.1) is 0 Å². The standard InChI is InChI=1S/C15H15F3N4O/c1-2-8-19-14-20-9-7-12(22-14)13(23)21-11-6-4-3-5-10(11)15(16,17)18/h3-7,9H,2,8H2,1H3,(H,21,23)(H,19,20,22). The molecule has 0 bridgehead atoms. The highest BCUT2D eigenvalue weighted by atomic mass is 19.4. The van der Waals surface area contributed by atoms with Crippen LogP contribution < -0.4 is 10.6 Å². The van der Waals surface area contributed by atoms with Gasteiger partial charge in [-0.3, -0.25) is 4.79 Å². The maximum Gasteiger partial charge on any atom is 0.418 e. The summed E-state index contributed by atoms with van der Waals surface area (Å²) >= 11 is 0. The third kappa shape index (κ3) is 4.41. The number of aromatic nitrogens is 2. The molecule has 1 amide bonds. The summed E-state index contributed by atoms with van der Waals surface area (Å²) in [6.07, 6.45) is -2.34. The summed E-state index contributed by atoms with van der Waals surface area (Å²) in [6.45, 7) is 2.58. The number of amides is 1. The first-order chi connectivity index (χ1) is 10.9. The average molecular weight is 324 g/mol. The van der Waals surface area contributed by atoms with Gasteiger partial charge >= 0.3 is 6.18 Å². The van der Waals surface area contributed by atoms with Crippen LogP contribution in [0.15, 0.2) is 36.5 Å². The summed E-state index contributed by atoms with van der Waals surface area (Å²) in [5, 5.41) is 5.15. The quantitative estimate of drug-likeness (QED) is 0.882. The summed E-state index contributed by atoms with van der Waals surface area (Å²) < 4.78 is 38.8. The van der Waals surface area contributed by atoms with Crippen LogP contribution in [0.2, 0.25) is 0 Å². The number of nitrogens with zero attached hydrogens (tertiary/aromatic N) is 2. The van der Waals surface area contributed by atoms with Crippen LogP contribution in [0.1, 0.15) is 29.4 Å². The molecule has 0 saturated carbocycles. The Morgan fingerprint density at radius 3 is 2.65 bits per heavy atom. The van der Waals surface area contributed by atoms with Gasteiger partial charge in [0, 0.05) is 12.7 Å². The Kier molecular flexibility index (Phi) is 5.15. The Morgan fingerprint density at radius 1 is 1.22 bits per heavy atom. The van der Waals surface area contributed by atoms with E-state index in [0.717, 1.165) is 12.5 Å². The summed E-state index contributed by atoms with van der Waals surface area (Å²) in [5.41, 5.74) is -1.24. The van der Waals surface area contributed by atoms with Gasteiger partial charge in [-0.05, 0) is 24.6 Å². The van der Waals surface area contributed by atoms with E-state index in [-0.39, 0.29) is 17.3 Å². The minimum absolute atomic E-state index is 0.0180. The molecule has 23 heavy (non-hydrogen) atoms. The molecule has 0 aliphatic carbocycles. The van der Waals surface area contributed by atoms with E-state index in [4.69, 9.17) is 0 Å². The highest BCUT2D eigenvalue weighted by Gasteiger charge is 2.33. The molecule has 1 aromatic carbocycles. The van der Waals surface area contributed by atoms with Crippen molar-refractivity contribution in [1.82, 2.24) is 9.97 Å². The maximum absolute atomic E-state index is 12.9. The lowest BCUT2D eigenvalue weighted by molar-refractivity contribution is -0.136. The molecule has 1 aromatic heterocycles. The number of benzene rings is 1. The van der Waals surface area contributed by atoms with Crippen molar-refractivity contribution >= 4 is 17.5 Å². The third-order valence-corrected chi connectivity index (χ3v) is 2.90. The van der Waals surface area contributed by atoms with Crippen LogP contribution in [0.3, 0.4) is 0 Å². The largest absolute Gasteiger partial charge is 0.418 e. The zero-order chi connectivity index (χ0) is 16.9. The molecule has 0 unspecified atom stereocenters. The van der Waals surface area contributed by atoms with Crippen LogP contribution in [0.25, 0.3) is 0 Å². The summed E-state index contributed by atoms with van der Waals surface area (Å²) in [6, 6.07) is 6.11. The Hall–Kier alpha value is -2.64. The first-order valence-electron chi connectivity index (χ1n) is 6.96. The molecule has 0 atom stereocenters. The molecule has 0 radical (unpaired) electrons. The maximum atomic E-state index is 12.9. The SMILES string of the molecule is CCCNc1nccc(C(=O)Nc2ccccc2C(F)(F)F)n1. The minimum Gasteiger partial charge on any atom is -0.354 e. The van der Waals surface area contributed by atoms with Gasteiger partial charge in [0.2, 0.25) is 5.95 Å². The van der Waals surface area contributed by atoms with Crippen LogP contribution in [0.4, 0.5) is 24.8 Å². The van der Waals surface area contributed by atoms with Crippen LogP contribution in [-0.2, 0) is 6.18 Å². The number of rotatable bonds is 5. The Bertz CT molecular complexity index is 688. The lowest BCUT2D eigenvalue weighted by atomic mass is 10.1. The monoisotopic (exact) mass is 324 g/mol. The van der Waals surface area contributed by atoms with E-state index in [1.807, 2.05) is 6.92 Å². The first-order valence-corrected chi connectivity index (χ1v) is 6.96. The Morgan fingerprint density at radius 2 is 1.96 bits per heavy atom. The van der Waals surface area contributed by atoms with Crippen LogP contribution in [0.5, 0.6) is 0 Å². The fourth-order valence-electron chi connectivity index (χ4n) is 1.83. The molecule has 0 fully saturated rings. The smallest absolute Gasteiger partial charge is 0.354 e. The van der Waals surface area contributed by atoms with Crippen molar-refractivity contribution in [2.45, 2.75) is 19.5 Å². The molecule has 2 rings (SSSR count). The summed E-state index contributed by atoms with van der Waals surface area (Å²) in [5.74, 6) is -0.479. The number of anilines is 2. The van der Waals surface area contributed by atoms with Gasteiger partial charge in [0.25, 0.3) is 5.91 Å². The number of para-hydroxylation sites is 1. The second-order valence-electron chi connectivity index (χ2n) is 4.69. The van der Waals surface area contributed by atoms with Crippen molar-refractivity contribution in [2.24, 2.45) is 0 Å². The molecule has 0 spiro atoms. The van der Waals surface area contributed by atoms with Crippen LogP contribution in [-0.4, -0.2) is 22.4 Å². The summed E-state index contributed by atoms with van der Waals surface area (Å²) in [7, 11) is 0. The van der Waals surface area contributed by atoms with E-state index in [9.17, 15) is 18.0 Å². The van der Waals surface area contributed by atoms with Crippen molar-refractivity contribution < 1.29 is 18.0 Å². The van der Waals surface area contributed by atoms with Gasteiger partial charge in [0.05, 0.1) is 11.3 Å². The van der Waals surface area contributed by atoms with Gasteiger partial charge < -0.3 is 10.6 Å². The number of halogens is 3. The highest BCUT2D eigenvalue weighted by Crippen LogP contribution is 2.34. The fourth-order valence-corrected chi connectivity index (χ4v) is 1.83. The molecular formula is C15H15F3N4O. The van der Waals surface area contributed by atoms with Crippen molar-refractivity contribution in [1.29, 1.82) is 0 Å². The molecule has 0 saturated heterocycles. The van der Waals surface area contributed by atoms with Gasteiger partial charge in [-0.25, -0.2) is 9.97 Å². The Balaban J connectivity index is 2.20. The molecule has 122 valence electrons. The van der Waals surface area contributed by atoms with Crippen molar-refractivity contribution in [3.63, 3.8) is 0 Å². The van der Waals surface area contributed by atoms with E-state index in [2.05, 4.69) is 20.6 Å². The van der Waals surface area contributed by atoms with E-state index < -0.39 is 17.6 Å². The zero-order valence-electron chi connectivity index (χ0n) is 12.3. The lowest BCUT2D eigenvalue weighted by Crippen LogP contribution is -2.18. The lowest BCUT2D eigenvalue weighted by Gasteiger charge is -2.13. The van der Waals surface area contributed by atoms with E-state index in [1.54, 1.807) is 0 Å². The number of hydrogen-bond acceptors (Lipinski definition) is 4. The topological polar surface area (TPSA) is 66.9 Å². The molecule has 0 aliphatic heterocycles. The third-order valence-electron chi connectivity index (χ3n) is 2.90. The van der Waals surface area contributed by atoms with Crippen molar-refractivity contribution in [3.8, 4) is 0 Å². The van der Waals surface area contributed by atoms with Crippen LogP contribution in [0, 0.1) is 0 Å². The predicted octanol–water partition coefficient (Wildman–Crippen LogP) is 3.57. The number of carbonyl (C=O) groups is 1. The molecule has 2 N–H and O–H groups in total. The van der Waals surface area contributed by atoms with Gasteiger partial charge in [0.1, 0.15) is 5.69 Å². The second kappa shape index (κ2) is 7.08. The van der Waals surface area contributed by atoms with Crippen LogP contribution >= 0.6 is 0 Å². The fraction of sp³-hybridized carbons (Fsp3) is 0.267. The molecule has 0 aliphatic rings. The highest BCUT2D eigenvalue weighted by molar-refractivity contribution is 6.03. The number of carbonyl (C=O) groups excluding carboxylic acids is 1. The van der Waals surface area contributed by atoms with E-state index in [0.29, 0.717) is 6.54 Å². The van der Waals surface area contributed by atoms with Gasteiger partial charge in [-0.2, -0.15) is 13.2 Å². The van der Waals surface area contributed by atoms with Crippen molar-refractivity contribution in [3.05, 3.63) is 47.8 Å². The Labute approximate surface area is 131 Å². The molecule has 8 heteroatoms. The normalized spacial score (nSPS) is 11.1. The van der Waals surface area contributed by atoms with Crippen molar-refractivity contribution in [2.75, 3.05) is 17.2 Å². The second-order valence-corrected chi connectivity index (χ2v) is 4.69. The number of nitrogens with one attached hydrogen (secondary N) is 2. The molecule has 2 aromatic rings. The number of alkyl halides is 3. The van der Waals surface area contributed by atoms with E-state index >= 15 is 0 Å². The predicted molar refractivity (Wildman–Crippen MR) is 80.2 cm³/mol. The minimum atomic E-state index is -4.55. The first kappa shape index (κ1) is 16.7. The average Bonchev–Trinajstić information content (AvgIpc) is 2.52. The molecule has 5 nitrogen and oxygen atoms in total. The van der Waals surface area contributed by atoms with Gasteiger partial charge in [-0.1, -0.05) is 19.1 Å². The summed E-state index contributed by atoms with van der Waals surface area (Å²) in [4.78, 5) is 20.0. The van der Waals surface area contributed by atoms with Gasteiger partial charge in [0.15, 0.2) is 0 Å². The molecular weight excluding hydrogens is 309 g/mol. The van der Waals surface area contributed by atoms with E-state index in [1.165, 1.54) is 30.5 Å². The number of hydrogen-bond donors (Lipinski definition) is 2.